The van der Waals surface area contributed by atoms with Crippen molar-refractivity contribution in [1.29, 1.82) is 0 Å². The summed E-state index contributed by atoms with van der Waals surface area (Å²) in [6, 6.07) is 0. The Morgan fingerprint density at radius 2 is 1.53 bits per heavy atom. The maximum atomic E-state index is 12.8. The monoisotopic (exact) mass is 269 g/mol. The van der Waals surface area contributed by atoms with Gasteiger partial charge >= 0.3 is 0 Å². The molecule has 0 aliphatic heterocycles. The first-order valence-corrected chi connectivity index (χ1v) is 7.77. The van der Waals surface area contributed by atoms with E-state index in [1.54, 1.807) is 0 Å². The molecule has 0 bridgehead atoms. The normalized spacial score (nSPS) is 18.8. The fraction of sp³-hybridized carbons (Fsp3) is 0.941. The van der Waals surface area contributed by atoms with Crippen LogP contribution in [0.3, 0.4) is 0 Å². The van der Waals surface area contributed by atoms with Crippen LogP contribution in [0.15, 0.2) is 0 Å². The van der Waals surface area contributed by atoms with Gasteiger partial charge in [0.1, 0.15) is 0 Å². The van der Waals surface area contributed by atoms with Crippen molar-refractivity contribution in [3.63, 3.8) is 0 Å². The van der Waals surface area contributed by atoms with Gasteiger partial charge in [0, 0.05) is 5.54 Å². The molecule has 2 heteroatoms. The predicted molar refractivity (Wildman–Crippen MR) is 84.1 cm³/mol. The molecule has 0 saturated carbocycles. The number of nitrogens with one attached hydrogen (secondary N) is 1. The Bertz CT molecular complexity index is 303. The van der Waals surface area contributed by atoms with E-state index in [0.717, 1.165) is 19.3 Å². The van der Waals surface area contributed by atoms with Crippen molar-refractivity contribution in [2.45, 2.75) is 87.1 Å². The van der Waals surface area contributed by atoms with Crippen LogP contribution in [0.4, 0.5) is 0 Å². The van der Waals surface area contributed by atoms with Gasteiger partial charge in [0.2, 0.25) is 5.91 Å². The maximum absolute atomic E-state index is 12.8. The quantitative estimate of drug-likeness (QED) is 0.738. The van der Waals surface area contributed by atoms with E-state index in [9.17, 15) is 4.79 Å². The van der Waals surface area contributed by atoms with E-state index in [0.29, 0.717) is 5.92 Å². The molecule has 0 spiro atoms. The first-order valence-electron chi connectivity index (χ1n) is 7.77. The lowest BCUT2D eigenvalue weighted by atomic mass is 9.65. The number of carbonyl (C=O) groups excluding carboxylic acids is 1. The Morgan fingerprint density at radius 1 is 1.05 bits per heavy atom. The fourth-order valence-corrected chi connectivity index (χ4v) is 2.44. The highest BCUT2D eigenvalue weighted by Crippen LogP contribution is 2.42. The molecule has 0 rings (SSSR count). The topological polar surface area (TPSA) is 29.1 Å². The number of hydrogen-bond acceptors (Lipinski definition) is 1. The van der Waals surface area contributed by atoms with Gasteiger partial charge in [-0.05, 0) is 31.1 Å². The highest BCUT2D eigenvalue weighted by atomic mass is 16.2. The SMILES string of the molecule is CCCC(C)(NC(=O)C(C)(CC)C(C)(C)C)C(C)C. The molecular weight excluding hydrogens is 234 g/mol. The summed E-state index contributed by atoms with van der Waals surface area (Å²) >= 11 is 0. The van der Waals surface area contributed by atoms with Crippen LogP contribution in [0.2, 0.25) is 0 Å². The molecule has 2 atom stereocenters. The van der Waals surface area contributed by atoms with Crippen LogP contribution in [0, 0.1) is 16.7 Å². The van der Waals surface area contributed by atoms with Crippen molar-refractivity contribution >= 4 is 5.91 Å². The fourth-order valence-electron chi connectivity index (χ4n) is 2.44. The zero-order valence-electron chi connectivity index (χ0n) is 14.6. The molecule has 114 valence electrons. The molecule has 0 fully saturated rings. The van der Waals surface area contributed by atoms with Crippen molar-refractivity contribution in [2.24, 2.45) is 16.7 Å². The van der Waals surface area contributed by atoms with Gasteiger partial charge in [-0.3, -0.25) is 4.79 Å². The van der Waals surface area contributed by atoms with Gasteiger partial charge in [-0.2, -0.15) is 0 Å². The van der Waals surface area contributed by atoms with Crippen LogP contribution in [0.5, 0.6) is 0 Å². The van der Waals surface area contributed by atoms with Crippen LogP contribution >= 0.6 is 0 Å². The summed E-state index contributed by atoms with van der Waals surface area (Å²) in [5, 5.41) is 3.35. The highest BCUT2D eigenvalue weighted by molar-refractivity contribution is 5.83. The van der Waals surface area contributed by atoms with Crippen molar-refractivity contribution < 1.29 is 4.79 Å². The summed E-state index contributed by atoms with van der Waals surface area (Å²) in [6.45, 7) is 19.4. The lowest BCUT2D eigenvalue weighted by Gasteiger charge is -2.44. The Hall–Kier alpha value is -0.530. The molecule has 0 radical (unpaired) electrons. The molecule has 19 heavy (non-hydrogen) atoms. The lowest BCUT2D eigenvalue weighted by Crippen LogP contribution is -2.56. The Labute approximate surface area is 120 Å². The number of carbonyl (C=O) groups is 1. The van der Waals surface area contributed by atoms with Crippen LogP contribution in [0.1, 0.15) is 81.6 Å². The van der Waals surface area contributed by atoms with E-state index in [2.05, 4.69) is 67.6 Å². The zero-order valence-corrected chi connectivity index (χ0v) is 14.6. The van der Waals surface area contributed by atoms with Gasteiger partial charge in [0.25, 0.3) is 0 Å². The van der Waals surface area contributed by atoms with E-state index in [1.807, 2.05) is 0 Å². The minimum Gasteiger partial charge on any atom is -0.350 e. The standard InChI is InChI=1S/C17H35NO/c1-10-12-17(9,13(3)4)18-14(19)16(8,11-2)15(5,6)7/h13H,10-12H2,1-9H3,(H,18,19). The van der Waals surface area contributed by atoms with Crippen molar-refractivity contribution in [2.75, 3.05) is 0 Å². The van der Waals surface area contributed by atoms with Crippen molar-refractivity contribution in [1.82, 2.24) is 5.32 Å². The van der Waals surface area contributed by atoms with E-state index < -0.39 is 0 Å². The second-order valence-corrected chi connectivity index (χ2v) is 7.71. The minimum absolute atomic E-state index is 0.0318. The molecular formula is C17H35NO. The van der Waals surface area contributed by atoms with Gasteiger partial charge < -0.3 is 5.32 Å². The Balaban J connectivity index is 5.21. The van der Waals surface area contributed by atoms with Crippen LogP contribution in [-0.4, -0.2) is 11.4 Å². The maximum Gasteiger partial charge on any atom is 0.226 e. The molecule has 0 heterocycles. The largest absolute Gasteiger partial charge is 0.350 e. The second kappa shape index (κ2) is 6.28. The lowest BCUT2D eigenvalue weighted by molar-refractivity contribution is -0.139. The van der Waals surface area contributed by atoms with Gasteiger partial charge in [-0.1, -0.05) is 61.8 Å². The molecule has 1 N–H and O–H groups in total. The number of hydrogen-bond donors (Lipinski definition) is 1. The van der Waals surface area contributed by atoms with Crippen LogP contribution in [-0.2, 0) is 4.79 Å². The molecule has 0 aliphatic carbocycles. The van der Waals surface area contributed by atoms with E-state index in [4.69, 9.17) is 0 Å². The Kier molecular flexibility index (Phi) is 6.10. The van der Waals surface area contributed by atoms with E-state index >= 15 is 0 Å². The molecule has 0 saturated heterocycles. The number of rotatable bonds is 6. The first-order chi connectivity index (χ1) is 8.44. The third kappa shape index (κ3) is 3.97. The van der Waals surface area contributed by atoms with Gasteiger partial charge in [-0.25, -0.2) is 0 Å². The first kappa shape index (κ1) is 18.5. The summed E-state index contributed by atoms with van der Waals surface area (Å²) in [6.07, 6.45) is 2.98. The molecule has 0 aromatic heterocycles. The predicted octanol–water partition coefficient (Wildman–Crippen LogP) is 4.78. The smallest absolute Gasteiger partial charge is 0.226 e. The second-order valence-electron chi connectivity index (χ2n) is 7.71. The molecule has 0 aliphatic rings. The zero-order chi connectivity index (χ0) is 15.5. The van der Waals surface area contributed by atoms with Crippen LogP contribution in [0.25, 0.3) is 0 Å². The third-order valence-electron chi connectivity index (χ3n) is 5.31. The summed E-state index contributed by atoms with van der Waals surface area (Å²) in [5.41, 5.74) is -0.458. The van der Waals surface area contributed by atoms with E-state index in [-0.39, 0.29) is 22.3 Å². The molecule has 2 unspecified atom stereocenters. The molecule has 2 nitrogen and oxygen atoms in total. The minimum atomic E-state index is -0.323. The van der Waals surface area contributed by atoms with Gasteiger partial charge in [0.05, 0.1) is 5.41 Å². The van der Waals surface area contributed by atoms with Crippen molar-refractivity contribution in [3.05, 3.63) is 0 Å². The van der Waals surface area contributed by atoms with Crippen molar-refractivity contribution in [3.8, 4) is 0 Å². The average molecular weight is 269 g/mol. The molecule has 0 aromatic carbocycles. The summed E-state index contributed by atoms with van der Waals surface area (Å²) in [4.78, 5) is 12.8. The van der Waals surface area contributed by atoms with Gasteiger partial charge in [-0.15, -0.1) is 0 Å². The summed E-state index contributed by atoms with van der Waals surface area (Å²) in [5.74, 6) is 0.643. The van der Waals surface area contributed by atoms with Gasteiger partial charge in [0.15, 0.2) is 0 Å². The summed E-state index contributed by atoms with van der Waals surface area (Å²) in [7, 11) is 0. The average Bonchev–Trinajstić information content (AvgIpc) is 2.26. The Morgan fingerprint density at radius 3 is 1.79 bits per heavy atom. The summed E-state index contributed by atoms with van der Waals surface area (Å²) < 4.78 is 0. The number of amides is 1. The molecule has 1 amide bonds. The van der Waals surface area contributed by atoms with E-state index in [1.165, 1.54) is 0 Å². The molecule has 0 aromatic rings. The third-order valence-corrected chi connectivity index (χ3v) is 5.31. The highest BCUT2D eigenvalue weighted by Gasteiger charge is 2.44. The van der Waals surface area contributed by atoms with Crippen LogP contribution < -0.4 is 5.32 Å².